The first-order valence-electron chi connectivity index (χ1n) is 23.4. The van der Waals surface area contributed by atoms with E-state index in [0.717, 1.165) is 83.5 Å². The SMILES string of the molecule is CC(=O)OC/C=C(\C)CC/C=C(\C)CC/C=C(\C)CC/C=C(\C)CC/C=C(\C)CC/C=C(\C)CC/C=C(\C)CC/C=C(\C)CC/C=C(\C)CC/C=C(\C)CCC=C(C)C. The summed E-state index contributed by atoms with van der Waals surface area (Å²) in [5, 5.41) is 0. The third kappa shape index (κ3) is 38.6. The van der Waals surface area contributed by atoms with Gasteiger partial charge in [0, 0.05) is 6.92 Å². The Morgan fingerprint density at radius 1 is 0.271 bits per heavy atom. The standard InChI is InChI=1S/C57H92O2/c1-46(2)24-14-25-47(3)26-15-27-48(4)28-16-29-49(5)30-17-31-50(6)32-18-33-51(7)34-19-35-52(8)36-20-37-53(9)38-21-39-54(10)40-22-41-55(11)42-23-43-56(12)44-45-59-57(13)58/h24,26,28,30,32,34,36,38,40,42,44H,14-23,25,27,29,31,33,35,37,39,41,43,45H2,1-13H3/b47-26+,48-28+,49-30+,50-32+,51-34+,52-36+,53-38+,54-40+,55-42+,56-44+. The molecule has 0 fully saturated rings. The summed E-state index contributed by atoms with van der Waals surface area (Å²) >= 11 is 0. The topological polar surface area (TPSA) is 26.3 Å². The van der Waals surface area contributed by atoms with Crippen molar-refractivity contribution in [2.24, 2.45) is 0 Å². The highest BCUT2D eigenvalue weighted by Gasteiger charge is 1.99. The molecule has 0 amide bonds. The maximum absolute atomic E-state index is 10.9. The van der Waals surface area contributed by atoms with Crippen LogP contribution in [0.3, 0.4) is 0 Å². The molecule has 0 heterocycles. The molecule has 0 aromatic rings. The van der Waals surface area contributed by atoms with E-state index in [1.54, 1.807) is 0 Å². The predicted octanol–water partition coefficient (Wildman–Crippen LogP) is 18.8. The van der Waals surface area contributed by atoms with E-state index in [-0.39, 0.29) is 5.97 Å². The molecular weight excluding hydrogens is 717 g/mol. The number of carbonyl (C=O) groups is 1. The van der Waals surface area contributed by atoms with Gasteiger partial charge < -0.3 is 4.74 Å². The Morgan fingerprint density at radius 2 is 0.441 bits per heavy atom. The molecule has 0 aromatic carbocycles. The van der Waals surface area contributed by atoms with E-state index in [1.807, 2.05) is 6.08 Å². The first-order chi connectivity index (χ1) is 28.1. The van der Waals surface area contributed by atoms with Crippen LogP contribution in [0.4, 0.5) is 0 Å². The molecule has 0 spiro atoms. The summed E-state index contributed by atoms with van der Waals surface area (Å²) in [5.74, 6) is -0.224. The lowest BCUT2D eigenvalue weighted by atomic mass is 10.0. The van der Waals surface area contributed by atoms with Crippen molar-refractivity contribution in [2.45, 2.75) is 218 Å². The van der Waals surface area contributed by atoms with E-state index in [9.17, 15) is 4.79 Å². The summed E-state index contributed by atoms with van der Waals surface area (Å²) in [4.78, 5) is 10.9. The average Bonchev–Trinajstić information content (AvgIpc) is 3.14. The monoisotopic (exact) mass is 809 g/mol. The third-order valence-electron chi connectivity index (χ3n) is 11.1. The molecule has 0 rings (SSSR count). The molecule has 0 aromatic heterocycles. The summed E-state index contributed by atoms with van der Waals surface area (Å²) in [5.41, 5.74) is 16.3. The molecule has 0 saturated heterocycles. The van der Waals surface area contributed by atoms with E-state index in [1.165, 1.54) is 113 Å². The van der Waals surface area contributed by atoms with Gasteiger partial charge in [-0.3, -0.25) is 4.79 Å². The van der Waals surface area contributed by atoms with Crippen molar-refractivity contribution in [3.8, 4) is 0 Å². The zero-order valence-electron chi connectivity index (χ0n) is 41.0. The number of esters is 1. The predicted molar refractivity (Wildman–Crippen MR) is 266 cm³/mol. The Balaban J connectivity index is 4.27. The van der Waals surface area contributed by atoms with Crippen molar-refractivity contribution in [3.05, 3.63) is 128 Å². The number of hydrogen-bond acceptors (Lipinski definition) is 2. The van der Waals surface area contributed by atoms with Crippen molar-refractivity contribution in [1.82, 2.24) is 0 Å². The Hall–Kier alpha value is -3.39. The fraction of sp³-hybridized carbons (Fsp3) is 0.596. The summed E-state index contributed by atoms with van der Waals surface area (Å²) in [6, 6.07) is 0. The average molecular weight is 809 g/mol. The Bertz CT molecular complexity index is 1530. The molecule has 59 heavy (non-hydrogen) atoms. The van der Waals surface area contributed by atoms with Crippen LogP contribution < -0.4 is 0 Å². The molecular formula is C57H92O2. The lowest BCUT2D eigenvalue weighted by Gasteiger charge is -2.04. The minimum Gasteiger partial charge on any atom is -0.462 e. The van der Waals surface area contributed by atoms with Crippen LogP contribution in [0.1, 0.15) is 218 Å². The Kier molecular flexibility index (Phi) is 34.4. The van der Waals surface area contributed by atoms with Gasteiger partial charge in [-0.1, -0.05) is 122 Å². The van der Waals surface area contributed by atoms with Gasteiger partial charge in [-0.05, 0) is 218 Å². The molecule has 0 atom stereocenters. The van der Waals surface area contributed by atoms with E-state index >= 15 is 0 Å². The second-order valence-electron chi connectivity index (χ2n) is 18.0. The number of rotatable bonds is 32. The molecule has 0 aliphatic rings. The molecule has 0 unspecified atom stereocenters. The summed E-state index contributed by atoms with van der Waals surface area (Å²) in [6.07, 6.45) is 49.2. The lowest BCUT2D eigenvalue weighted by molar-refractivity contribution is -0.139. The zero-order valence-corrected chi connectivity index (χ0v) is 41.0. The summed E-state index contributed by atoms with van der Waals surface area (Å²) in [6.45, 7) is 28.9. The fourth-order valence-corrected chi connectivity index (χ4v) is 6.83. The number of ether oxygens (including phenoxy) is 1. The normalized spacial score (nSPS) is 14.7. The smallest absolute Gasteiger partial charge is 0.302 e. The van der Waals surface area contributed by atoms with Crippen molar-refractivity contribution in [2.75, 3.05) is 6.61 Å². The van der Waals surface area contributed by atoms with Gasteiger partial charge in [-0.25, -0.2) is 0 Å². The number of allylic oxidation sites excluding steroid dienone is 21. The first kappa shape index (κ1) is 55.6. The van der Waals surface area contributed by atoms with Crippen LogP contribution in [-0.2, 0) is 9.53 Å². The zero-order chi connectivity index (χ0) is 44.3. The highest BCUT2D eigenvalue weighted by atomic mass is 16.5. The van der Waals surface area contributed by atoms with Crippen LogP contribution in [0, 0.1) is 0 Å². The van der Waals surface area contributed by atoms with Crippen molar-refractivity contribution in [3.63, 3.8) is 0 Å². The van der Waals surface area contributed by atoms with Crippen LogP contribution in [0.15, 0.2) is 128 Å². The highest BCUT2D eigenvalue weighted by molar-refractivity contribution is 5.66. The van der Waals surface area contributed by atoms with E-state index in [4.69, 9.17) is 4.74 Å². The number of carbonyl (C=O) groups excluding carboxylic acids is 1. The maximum Gasteiger partial charge on any atom is 0.302 e. The van der Waals surface area contributed by atoms with Gasteiger partial charge in [0.05, 0.1) is 0 Å². The Morgan fingerprint density at radius 3 is 0.610 bits per heavy atom. The first-order valence-corrected chi connectivity index (χ1v) is 23.4. The van der Waals surface area contributed by atoms with Crippen LogP contribution in [0.5, 0.6) is 0 Å². The van der Waals surface area contributed by atoms with Gasteiger partial charge in [0.2, 0.25) is 0 Å². The summed E-state index contributed by atoms with van der Waals surface area (Å²) < 4.78 is 4.99. The molecule has 0 radical (unpaired) electrons. The van der Waals surface area contributed by atoms with Gasteiger partial charge in [0.1, 0.15) is 6.61 Å². The van der Waals surface area contributed by atoms with Gasteiger partial charge in [0.25, 0.3) is 0 Å². The van der Waals surface area contributed by atoms with Crippen LogP contribution in [0.25, 0.3) is 0 Å². The van der Waals surface area contributed by atoms with E-state index < -0.39 is 0 Å². The second-order valence-corrected chi connectivity index (χ2v) is 18.0. The van der Waals surface area contributed by atoms with E-state index in [0.29, 0.717) is 6.61 Å². The highest BCUT2D eigenvalue weighted by Crippen LogP contribution is 2.18. The third-order valence-corrected chi connectivity index (χ3v) is 11.1. The molecule has 0 aliphatic carbocycles. The molecule has 2 heteroatoms. The largest absolute Gasteiger partial charge is 0.462 e. The van der Waals surface area contributed by atoms with Crippen LogP contribution in [0.2, 0.25) is 0 Å². The van der Waals surface area contributed by atoms with Crippen molar-refractivity contribution >= 4 is 5.97 Å². The molecule has 0 bridgehead atoms. The minimum absolute atomic E-state index is 0.224. The maximum atomic E-state index is 10.9. The second kappa shape index (κ2) is 36.5. The van der Waals surface area contributed by atoms with Crippen molar-refractivity contribution < 1.29 is 9.53 Å². The molecule has 2 nitrogen and oxygen atoms in total. The fourth-order valence-electron chi connectivity index (χ4n) is 6.83. The molecule has 0 aliphatic heterocycles. The van der Waals surface area contributed by atoms with Crippen molar-refractivity contribution in [1.29, 1.82) is 0 Å². The van der Waals surface area contributed by atoms with E-state index in [2.05, 4.69) is 144 Å². The summed E-state index contributed by atoms with van der Waals surface area (Å²) in [7, 11) is 0. The van der Waals surface area contributed by atoms with Gasteiger partial charge in [0.15, 0.2) is 0 Å². The lowest BCUT2D eigenvalue weighted by Crippen LogP contribution is -1.98. The van der Waals surface area contributed by atoms with Gasteiger partial charge in [-0.15, -0.1) is 0 Å². The van der Waals surface area contributed by atoms with Crippen LogP contribution in [-0.4, -0.2) is 12.6 Å². The Labute approximate surface area is 367 Å². The van der Waals surface area contributed by atoms with Crippen LogP contribution >= 0.6 is 0 Å². The van der Waals surface area contributed by atoms with Gasteiger partial charge in [-0.2, -0.15) is 0 Å². The van der Waals surface area contributed by atoms with Gasteiger partial charge >= 0.3 is 5.97 Å². The number of hydrogen-bond donors (Lipinski definition) is 0. The quantitative estimate of drug-likeness (QED) is 0.0500. The minimum atomic E-state index is -0.224. The molecule has 332 valence electrons. The molecule has 0 saturated carbocycles. The molecule has 0 N–H and O–H groups in total.